The van der Waals surface area contributed by atoms with E-state index < -0.39 is 24.2 Å². The van der Waals surface area contributed by atoms with Gasteiger partial charge in [0, 0.05) is 13.7 Å². The molecule has 2 aliphatic rings. The molecule has 2 aliphatic heterocycles. The minimum absolute atomic E-state index is 0.0279. The Morgan fingerprint density at radius 2 is 2.32 bits per heavy atom. The number of methoxy groups -OCH3 is 1. The van der Waals surface area contributed by atoms with Crippen molar-refractivity contribution in [1.82, 2.24) is 20.8 Å². The maximum atomic E-state index is 11.9. The molecule has 9 heteroatoms. The first-order chi connectivity index (χ1) is 9.04. The van der Waals surface area contributed by atoms with Crippen molar-refractivity contribution in [2.24, 2.45) is 0 Å². The number of rotatable bonds is 5. The van der Waals surface area contributed by atoms with Crippen molar-refractivity contribution in [3.8, 4) is 0 Å². The summed E-state index contributed by atoms with van der Waals surface area (Å²) >= 11 is 0. The maximum absolute atomic E-state index is 11.9. The minimum atomic E-state index is -1.02. The number of carbonyl (C=O) groups excluding carboxylic acids is 2. The highest BCUT2D eigenvalue weighted by Gasteiger charge is 2.46. The number of urea groups is 1. The fourth-order valence-electron chi connectivity index (χ4n) is 2.36. The number of amides is 3. The lowest BCUT2D eigenvalue weighted by atomic mass is 10.0. The highest BCUT2D eigenvalue weighted by atomic mass is 16.5. The fraction of sp³-hybridized carbons (Fsp3) is 0.800. The topological polar surface area (TPSA) is 114 Å². The summed E-state index contributed by atoms with van der Waals surface area (Å²) in [5.41, 5.74) is 4.72. The molecule has 2 bridgehead atoms. The summed E-state index contributed by atoms with van der Waals surface area (Å²) in [6.07, 6.45) is 0.0210. The number of ether oxygens (including phenoxy) is 1. The molecule has 0 spiro atoms. The van der Waals surface area contributed by atoms with Crippen LogP contribution < -0.4 is 10.9 Å². The Kier molecular flexibility index (Phi) is 4.20. The van der Waals surface area contributed by atoms with Crippen LogP contribution in [-0.4, -0.2) is 70.8 Å². The van der Waals surface area contributed by atoms with Crippen molar-refractivity contribution in [1.29, 1.82) is 0 Å². The number of hydrazine groups is 1. The molecule has 108 valence electrons. The Hall–Kier alpha value is -1.42. The second kappa shape index (κ2) is 5.70. The van der Waals surface area contributed by atoms with Gasteiger partial charge in [-0.1, -0.05) is 0 Å². The van der Waals surface area contributed by atoms with Crippen LogP contribution >= 0.6 is 0 Å². The van der Waals surface area contributed by atoms with Gasteiger partial charge in [0.25, 0.3) is 5.91 Å². The number of piperidine rings is 1. The number of nitrogens with zero attached hydrogens (tertiary/aromatic N) is 2. The quantitative estimate of drug-likeness (QED) is 0.268. The Labute approximate surface area is 110 Å². The molecule has 3 amide bonds. The number of hydrogen-bond donors (Lipinski definition) is 4. The van der Waals surface area contributed by atoms with E-state index in [1.54, 1.807) is 0 Å². The van der Waals surface area contributed by atoms with Gasteiger partial charge in [0.2, 0.25) is 0 Å². The molecular weight excluding hydrogens is 256 g/mol. The van der Waals surface area contributed by atoms with Crippen molar-refractivity contribution in [3.63, 3.8) is 0 Å². The fourth-order valence-corrected chi connectivity index (χ4v) is 2.36. The normalized spacial score (nSPS) is 27.6. The van der Waals surface area contributed by atoms with Crippen LogP contribution in [0, 0.1) is 0 Å². The second-order valence-electron chi connectivity index (χ2n) is 4.63. The van der Waals surface area contributed by atoms with E-state index in [0.717, 1.165) is 0 Å². The number of hydrogen-bond acceptors (Lipinski definition) is 6. The predicted octanol–water partition coefficient (Wildman–Crippen LogP) is -1.77. The first-order valence-electron chi connectivity index (χ1n) is 6.05. The zero-order valence-corrected chi connectivity index (χ0v) is 10.6. The third-order valence-electron chi connectivity index (χ3n) is 3.33. The molecule has 2 rings (SSSR count). The van der Waals surface area contributed by atoms with E-state index in [9.17, 15) is 19.9 Å². The molecule has 2 fully saturated rings. The van der Waals surface area contributed by atoms with E-state index >= 15 is 0 Å². The van der Waals surface area contributed by atoms with Crippen molar-refractivity contribution >= 4 is 11.9 Å². The van der Waals surface area contributed by atoms with E-state index in [0.29, 0.717) is 24.4 Å². The predicted molar refractivity (Wildman–Crippen MR) is 61.7 cm³/mol. The van der Waals surface area contributed by atoms with E-state index in [1.807, 2.05) is 0 Å². The number of carbonyl (C=O) groups is 2. The Morgan fingerprint density at radius 3 is 3.00 bits per heavy atom. The summed E-state index contributed by atoms with van der Waals surface area (Å²) in [7, 11) is 1.42. The van der Waals surface area contributed by atoms with Crippen LogP contribution in [0.5, 0.6) is 0 Å². The molecule has 2 saturated heterocycles. The van der Waals surface area contributed by atoms with Gasteiger partial charge in [-0.15, -0.1) is 0 Å². The van der Waals surface area contributed by atoms with Gasteiger partial charge in [0.15, 0.2) is 0 Å². The van der Waals surface area contributed by atoms with Crippen LogP contribution in [0.3, 0.4) is 0 Å². The van der Waals surface area contributed by atoms with E-state index in [4.69, 9.17) is 4.74 Å². The first kappa shape index (κ1) is 14.0. The number of hydroxylamine groups is 2. The molecule has 9 nitrogen and oxygen atoms in total. The van der Waals surface area contributed by atoms with Crippen LogP contribution in [0.15, 0.2) is 0 Å². The third-order valence-corrected chi connectivity index (χ3v) is 3.33. The van der Waals surface area contributed by atoms with Crippen molar-refractivity contribution in [2.75, 3.05) is 20.3 Å². The molecule has 1 unspecified atom stereocenters. The van der Waals surface area contributed by atoms with Gasteiger partial charge >= 0.3 is 6.03 Å². The summed E-state index contributed by atoms with van der Waals surface area (Å²) in [4.78, 5) is 24.9. The highest BCUT2D eigenvalue weighted by molar-refractivity contribution is 5.88. The molecule has 2 heterocycles. The lowest BCUT2D eigenvalue weighted by molar-refractivity contribution is -0.128. The Balaban J connectivity index is 1.88. The monoisotopic (exact) mass is 274 g/mol. The Bertz CT molecular complexity index is 366. The van der Waals surface area contributed by atoms with Crippen LogP contribution in [0.25, 0.3) is 0 Å². The molecule has 0 aliphatic carbocycles. The standard InChI is InChI=1S/C10H18N4O5/c1-19-5-8(15)11-12-9(16)7-3-2-6-4-13(7)10(17)14(6)18/h6-8,11,15,18H,2-5H2,1H3,(H,12,16)/t6-,7+,8?/m1/s1. The van der Waals surface area contributed by atoms with Gasteiger partial charge in [-0.2, -0.15) is 0 Å². The highest BCUT2D eigenvalue weighted by Crippen LogP contribution is 2.28. The van der Waals surface area contributed by atoms with Gasteiger partial charge in [0.05, 0.1) is 12.6 Å². The maximum Gasteiger partial charge on any atom is 0.344 e. The summed E-state index contributed by atoms with van der Waals surface area (Å²) < 4.78 is 4.69. The molecule has 0 aromatic rings. The summed E-state index contributed by atoms with van der Waals surface area (Å²) in [6.45, 7) is 0.369. The van der Waals surface area contributed by atoms with Gasteiger partial charge in [-0.3, -0.25) is 15.4 Å². The number of nitrogens with one attached hydrogen (secondary N) is 2. The molecule has 4 N–H and O–H groups in total. The van der Waals surface area contributed by atoms with Gasteiger partial charge in [-0.25, -0.2) is 15.3 Å². The molecule has 0 saturated carbocycles. The molecule has 0 aromatic carbocycles. The molecule has 0 radical (unpaired) electrons. The van der Waals surface area contributed by atoms with Crippen LogP contribution in [0.2, 0.25) is 0 Å². The van der Waals surface area contributed by atoms with Gasteiger partial charge < -0.3 is 14.7 Å². The largest absolute Gasteiger partial charge is 0.381 e. The lowest BCUT2D eigenvalue weighted by Gasteiger charge is -2.29. The van der Waals surface area contributed by atoms with Crippen LogP contribution in [-0.2, 0) is 9.53 Å². The van der Waals surface area contributed by atoms with Crippen LogP contribution in [0.4, 0.5) is 4.79 Å². The van der Waals surface area contributed by atoms with Crippen LogP contribution in [0.1, 0.15) is 12.8 Å². The van der Waals surface area contributed by atoms with Crippen molar-refractivity contribution < 1.29 is 24.6 Å². The molecule has 3 atom stereocenters. The summed E-state index contributed by atoms with van der Waals surface area (Å²) in [5, 5.41) is 19.5. The van der Waals surface area contributed by atoms with E-state index in [1.165, 1.54) is 12.0 Å². The van der Waals surface area contributed by atoms with Crippen molar-refractivity contribution in [2.45, 2.75) is 31.2 Å². The SMILES string of the molecule is COCC(O)NNC(=O)[C@@H]1CC[C@@H]2CN1C(=O)N2O. The summed E-state index contributed by atoms with van der Waals surface area (Å²) in [5.74, 6) is -0.419. The number of aliphatic hydroxyl groups excluding tert-OH is 1. The zero-order valence-electron chi connectivity index (χ0n) is 10.6. The number of fused-ring (bicyclic) bond motifs is 2. The van der Waals surface area contributed by atoms with Gasteiger partial charge in [-0.05, 0) is 12.8 Å². The smallest absolute Gasteiger partial charge is 0.344 e. The van der Waals surface area contributed by atoms with Gasteiger partial charge in [0.1, 0.15) is 12.3 Å². The first-order valence-corrected chi connectivity index (χ1v) is 6.05. The summed E-state index contributed by atoms with van der Waals surface area (Å²) in [6, 6.07) is -1.42. The lowest BCUT2D eigenvalue weighted by Crippen LogP contribution is -2.55. The van der Waals surface area contributed by atoms with E-state index in [2.05, 4.69) is 10.9 Å². The second-order valence-corrected chi connectivity index (χ2v) is 4.63. The molecule has 19 heavy (non-hydrogen) atoms. The molecule has 0 aromatic heterocycles. The average Bonchev–Trinajstić information content (AvgIpc) is 2.62. The molecular formula is C10H18N4O5. The third kappa shape index (κ3) is 2.78. The van der Waals surface area contributed by atoms with E-state index in [-0.39, 0.29) is 12.6 Å². The van der Waals surface area contributed by atoms with Crippen molar-refractivity contribution in [3.05, 3.63) is 0 Å². The average molecular weight is 274 g/mol. The Morgan fingerprint density at radius 1 is 1.58 bits per heavy atom. The minimum Gasteiger partial charge on any atom is -0.381 e. The zero-order chi connectivity index (χ0) is 14.0. The number of aliphatic hydroxyl groups is 1.